The van der Waals surface area contributed by atoms with Crippen LogP contribution in [0.25, 0.3) is 0 Å². The highest BCUT2D eigenvalue weighted by atomic mass is 32.2. The van der Waals surface area contributed by atoms with Crippen LogP contribution >= 0.6 is 0 Å². The molecule has 1 aromatic heterocycles. The van der Waals surface area contributed by atoms with Crippen LogP contribution in [-0.4, -0.2) is 32.0 Å². The molecular formula is C14H18N4O2S. The lowest BCUT2D eigenvalue weighted by atomic mass is 10.2. The van der Waals surface area contributed by atoms with Gasteiger partial charge < -0.3 is 5.32 Å². The Morgan fingerprint density at radius 1 is 1.14 bits per heavy atom. The van der Waals surface area contributed by atoms with E-state index in [1.54, 1.807) is 26.1 Å². The average molecular weight is 306 g/mol. The fourth-order valence-electron chi connectivity index (χ4n) is 1.91. The van der Waals surface area contributed by atoms with Crippen molar-refractivity contribution in [1.82, 2.24) is 9.97 Å². The van der Waals surface area contributed by atoms with Gasteiger partial charge in [0.25, 0.3) is 10.0 Å². The van der Waals surface area contributed by atoms with Crippen LogP contribution in [0.4, 0.5) is 11.6 Å². The molecule has 0 aliphatic carbocycles. The summed E-state index contributed by atoms with van der Waals surface area (Å²) in [7, 11) is -1.99. The molecule has 0 saturated heterocycles. The van der Waals surface area contributed by atoms with E-state index < -0.39 is 10.0 Å². The molecule has 21 heavy (non-hydrogen) atoms. The molecule has 7 heteroatoms. The van der Waals surface area contributed by atoms with E-state index in [0.717, 1.165) is 5.56 Å². The summed E-state index contributed by atoms with van der Waals surface area (Å²) in [5, 5.41) is 2.76. The van der Waals surface area contributed by atoms with Crippen molar-refractivity contribution in [2.45, 2.75) is 18.7 Å². The lowest BCUT2D eigenvalue weighted by Gasteiger charge is -2.22. The Hall–Kier alpha value is -2.15. The predicted molar refractivity (Wildman–Crippen MR) is 83.0 cm³/mol. The lowest BCUT2D eigenvalue weighted by Crippen LogP contribution is -2.31. The van der Waals surface area contributed by atoms with E-state index in [-0.39, 0.29) is 4.90 Å². The molecule has 1 heterocycles. The van der Waals surface area contributed by atoms with Crippen LogP contribution in [0.2, 0.25) is 0 Å². The second-order valence-electron chi connectivity index (χ2n) is 4.50. The minimum absolute atomic E-state index is 0.0731. The number of anilines is 2. The largest absolute Gasteiger partial charge is 0.357 e. The van der Waals surface area contributed by atoms with E-state index in [4.69, 9.17) is 0 Å². The maximum Gasteiger partial charge on any atom is 0.267 e. The first-order chi connectivity index (χ1) is 9.98. The Balaban J connectivity index is 2.41. The zero-order valence-electron chi connectivity index (χ0n) is 12.2. The van der Waals surface area contributed by atoms with E-state index >= 15 is 0 Å². The van der Waals surface area contributed by atoms with E-state index in [9.17, 15) is 8.42 Å². The first-order valence-electron chi connectivity index (χ1n) is 6.58. The summed E-state index contributed by atoms with van der Waals surface area (Å²) in [5.74, 6) is 0.382. The Bertz CT molecular complexity index is 697. The molecule has 0 fully saturated rings. The van der Waals surface area contributed by atoms with Crippen LogP contribution in [0.15, 0.2) is 41.6 Å². The van der Waals surface area contributed by atoms with Crippen LogP contribution in [0.3, 0.4) is 0 Å². The fourth-order valence-corrected chi connectivity index (χ4v) is 3.27. The normalized spacial score (nSPS) is 11.2. The molecule has 0 aliphatic heterocycles. The molecule has 0 unspecified atom stereocenters. The molecule has 0 atom stereocenters. The van der Waals surface area contributed by atoms with Crippen molar-refractivity contribution in [3.8, 4) is 0 Å². The van der Waals surface area contributed by atoms with Gasteiger partial charge >= 0.3 is 0 Å². The van der Waals surface area contributed by atoms with Crippen molar-refractivity contribution in [1.29, 1.82) is 0 Å². The number of aryl methyl sites for hydroxylation is 1. The topological polar surface area (TPSA) is 75.2 Å². The minimum atomic E-state index is -3.66. The average Bonchev–Trinajstić information content (AvgIpc) is 2.50. The number of rotatable bonds is 5. The van der Waals surface area contributed by atoms with Crippen LogP contribution in [0, 0.1) is 6.92 Å². The molecule has 0 bridgehead atoms. The molecule has 0 spiro atoms. The standard InChI is InChI=1S/C14H18N4O2S/c1-4-18(12-7-5-11(2)6-8-12)21(19,20)13-9-16-14(15-3)17-10-13/h5-10H,4H2,1-3H3,(H,15,16,17). The van der Waals surface area contributed by atoms with Crippen molar-refractivity contribution in [2.75, 3.05) is 23.2 Å². The second kappa shape index (κ2) is 6.09. The molecule has 112 valence electrons. The lowest BCUT2D eigenvalue weighted by molar-refractivity contribution is 0.591. The smallest absolute Gasteiger partial charge is 0.267 e. The number of hydrogen-bond acceptors (Lipinski definition) is 5. The molecule has 0 radical (unpaired) electrons. The van der Waals surface area contributed by atoms with Crippen molar-refractivity contribution < 1.29 is 8.42 Å². The zero-order valence-corrected chi connectivity index (χ0v) is 13.1. The molecule has 6 nitrogen and oxygen atoms in total. The quantitative estimate of drug-likeness (QED) is 0.915. The summed E-state index contributed by atoms with van der Waals surface area (Å²) in [6.07, 6.45) is 2.62. The number of nitrogens with one attached hydrogen (secondary N) is 1. The van der Waals surface area contributed by atoms with Gasteiger partial charge in [-0.2, -0.15) is 0 Å². The Morgan fingerprint density at radius 2 is 1.71 bits per heavy atom. The Kier molecular flexibility index (Phi) is 4.42. The van der Waals surface area contributed by atoms with E-state index in [0.29, 0.717) is 18.2 Å². The van der Waals surface area contributed by atoms with Gasteiger partial charge in [0.2, 0.25) is 5.95 Å². The highest BCUT2D eigenvalue weighted by molar-refractivity contribution is 7.92. The van der Waals surface area contributed by atoms with Crippen molar-refractivity contribution in [3.05, 3.63) is 42.2 Å². The van der Waals surface area contributed by atoms with Crippen LogP contribution in [0.1, 0.15) is 12.5 Å². The van der Waals surface area contributed by atoms with Gasteiger partial charge in [-0.25, -0.2) is 18.4 Å². The first kappa shape index (κ1) is 15.2. The third-order valence-corrected chi connectivity index (χ3v) is 4.90. The van der Waals surface area contributed by atoms with Gasteiger partial charge in [-0.3, -0.25) is 4.31 Å². The van der Waals surface area contributed by atoms with Crippen molar-refractivity contribution in [2.24, 2.45) is 0 Å². The maximum absolute atomic E-state index is 12.7. The molecule has 2 rings (SSSR count). The monoisotopic (exact) mass is 306 g/mol. The highest BCUT2D eigenvalue weighted by Gasteiger charge is 2.24. The van der Waals surface area contributed by atoms with Gasteiger partial charge in [0, 0.05) is 13.6 Å². The summed E-state index contributed by atoms with van der Waals surface area (Å²) < 4.78 is 26.7. The minimum Gasteiger partial charge on any atom is -0.357 e. The maximum atomic E-state index is 12.7. The summed E-state index contributed by atoms with van der Waals surface area (Å²) in [5.41, 5.74) is 1.70. The number of benzene rings is 1. The van der Waals surface area contributed by atoms with Gasteiger partial charge in [0.1, 0.15) is 4.90 Å². The molecule has 0 saturated carbocycles. The van der Waals surface area contributed by atoms with E-state index in [1.165, 1.54) is 16.7 Å². The van der Waals surface area contributed by atoms with E-state index in [2.05, 4.69) is 15.3 Å². The zero-order chi connectivity index (χ0) is 15.5. The third-order valence-electron chi connectivity index (χ3n) is 3.05. The molecule has 1 N–H and O–H groups in total. The second-order valence-corrected chi connectivity index (χ2v) is 6.36. The molecule has 1 aromatic carbocycles. The van der Waals surface area contributed by atoms with E-state index in [1.807, 2.05) is 19.1 Å². The van der Waals surface area contributed by atoms with Gasteiger partial charge in [-0.05, 0) is 26.0 Å². The van der Waals surface area contributed by atoms with Crippen LogP contribution in [0.5, 0.6) is 0 Å². The number of sulfonamides is 1. The van der Waals surface area contributed by atoms with Gasteiger partial charge in [0.15, 0.2) is 0 Å². The number of aromatic nitrogens is 2. The van der Waals surface area contributed by atoms with Crippen LogP contribution in [-0.2, 0) is 10.0 Å². The van der Waals surface area contributed by atoms with Gasteiger partial charge in [-0.1, -0.05) is 17.7 Å². The first-order valence-corrected chi connectivity index (χ1v) is 8.02. The summed E-state index contributed by atoms with van der Waals surface area (Å²) >= 11 is 0. The number of hydrogen-bond donors (Lipinski definition) is 1. The molecule has 0 amide bonds. The molecule has 0 aliphatic rings. The summed E-state index contributed by atoms with van der Waals surface area (Å²) in [6.45, 7) is 4.08. The molecular weight excluding hydrogens is 288 g/mol. The fraction of sp³-hybridized carbons (Fsp3) is 0.286. The van der Waals surface area contributed by atoms with Gasteiger partial charge in [0.05, 0.1) is 18.1 Å². The highest BCUT2D eigenvalue weighted by Crippen LogP contribution is 2.23. The Morgan fingerprint density at radius 3 is 2.19 bits per heavy atom. The summed E-state index contributed by atoms with van der Waals surface area (Å²) in [4.78, 5) is 7.99. The van der Waals surface area contributed by atoms with Crippen molar-refractivity contribution >= 4 is 21.7 Å². The predicted octanol–water partition coefficient (Wildman–Crippen LogP) is 2.04. The third kappa shape index (κ3) is 3.13. The number of nitrogens with zero attached hydrogens (tertiary/aromatic N) is 3. The molecule has 2 aromatic rings. The van der Waals surface area contributed by atoms with Gasteiger partial charge in [-0.15, -0.1) is 0 Å². The van der Waals surface area contributed by atoms with Crippen LogP contribution < -0.4 is 9.62 Å². The Labute approximate surface area is 124 Å². The summed E-state index contributed by atoms with van der Waals surface area (Å²) in [6, 6.07) is 7.35. The SMILES string of the molecule is CCN(c1ccc(C)cc1)S(=O)(=O)c1cnc(NC)nc1. The van der Waals surface area contributed by atoms with Crippen molar-refractivity contribution in [3.63, 3.8) is 0 Å².